The van der Waals surface area contributed by atoms with Gasteiger partial charge in [-0.2, -0.15) is 0 Å². The summed E-state index contributed by atoms with van der Waals surface area (Å²) in [5, 5.41) is 0. The fourth-order valence-electron chi connectivity index (χ4n) is 2.61. The Balaban J connectivity index is 1.90. The van der Waals surface area contributed by atoms with Gasteiger partial charge in [-0.1, -0.05) is 54.3 Å². The maximum absolute atomic E-state index is 5.54. The van der Waals surface area contributed by atoms with Crippen molar-refractivity contribution in [1.29, 1.82) is 0 Å². The lowest BCUT2D eigenvalue weighted by molar-refractivity contribution is 0.0381. The van der Waals surface area contributed by atoms with E-state index in [4.69, 9.17) is 12.2 Å². The van der Waals surface area contributed by atoms with E-state index in [2.05, 4.69) is 49.9 Å². The lowest BCUT2D eigenvalue weighted by atomic mass is 9.83. The van der Waals surface area contributed by atoms with Crippen LogP contribution in [0.5, 0.6) is 0 Å². The Hall–Kier alpha value is -0.540. The minimum Gasteiger partial charge on any atom is -0.350 e. The van der Waals surface area contributed by atoms with Crippen molar-refractivity contribution in [3.8, 4) is 0 Å². The van der Waals surface area contributed by atoms with E-state index in [1.54, 1.807) is 11.8 Å². The van der Waals surface area contributed by atoms with Crippen LogP contribution in [0, 0.1) is 0 Å². The highest BCUT2D eigenvalue weighted by molar-refractivity contribution is 8.22. The van der Waals surface area contributed by atoms with Crippen molar-refractivity contribution in [3.05, 3.63) is 35.9 Å². The van der Waals surface area contributed by atoms with Crippen molar-refractivity contribution < 1.29 is 0 Å². The van der Waals surface area contributed by atoms with Gasteiger partial charge in [0.05, 0.1) is 0 Å². The first-order chi connectivity index (χ1) is 8.00. The largest absolute Gasteiger partial charge is 0.350 e. The Morgan fingerprint density at radius 1 is 1.41 bits per heavy atom. The molecule has 1 aromatic carbocycles. The third-order valence-electron chi connectivity index (χ3n) is 3.29. The van der Waals surface area contributed by atoms with Gasteiger partial charge in [0.1, 0.15) is 4.32 Å². The molecule has 0 bridgehead atoms. The Bertz CT molecular complexity index is 400. The zero-order valence-corrected chi connectivity index (χ0v) is 12.3. The van der Waals surface area contributed by atoms with Crippen LogP contribution in [-0.2, 0) is 5.75 Å². The number of thiocarbonyl (C=S) groups is 1. The van der Waals surface area contributed by atoms with Crippen molar-refractivity contribution in [2.75, 3.05) is 0 Å². The lowest BCUT2D eigenvalue weighted by Crippen LogP contribution is -2.62. The van der Waals surface area contributed by atoms with Gasteiger partial charge in [0, 0.05) is 17.3 Å². The molecule has 1 saturated heterocycles. The normalized spacial score (nSPS) is 22.1. The Morgan fingerprint density at radius 3 is 2.59 bits per heavy atom. The first-order valence-corrected chi connectivity index (χ1v) is 7.40. The van der Waals surface area contributed by atoms with Crippen LogP contribution in [0.2, 0.25) is 0 Å². The molecule has 1 aliphatic rings. The van der Waals surface area contributed by atoms with E-state index in [-0.39, 0.29) is 5.54 Å². The van der Waals surface area contributed by atoms with Crippen LogP contribution < -0.4 is 0 Å². The van der Waals surface area contributed by atoms with Crippen LogP contribution in [0.1, 0.15) is 32.8 Å². The molecule has 1 aromatic rings. The van der Waals surface area contributed by atoms with Gasteiger partial charge in [-0.05, 0) is 32.8 Å². The Labute approximate surface area is 114 Å². The summed E-state index contributed by atoms with van der Waals surface area (Å²) in [6.45, 7) is 6.78. The Kier molecular flexibility index (Phi) is 3.79. The highest BCUT2D eigenvalue weighted by Crippen LogP contribution is 2.38. The molecule has 0 aliphatic carbocycles. The van der Waals surface area contributed by atoms with Gasteiger partial charge in [-0.25, -0.2) is 0 Å². The molecule has 2 rings (SSSR count). The van der Waals surface area contributed by atoms with Crippen LogP contribution in [0.25, 0.3) is 0 Å². The Morgan fingerprint density at radius 2 is 2.06 bits per heavy atom. The number of likely N-dealkylation sites (tertiary alicyclic amines) is 1. The minimum atomic E-state index is 0.250. The SMILES string of the molecule is CC1CC(C)(C)N1C(=S)SCc1ccccc1. The fourth-order valence-corrected chi connectivity index (χ4v) is 4.27. The minimum absolute atomic E-state index is 0.250. The highest BCUT2D eigenvalue weighted by atomic mass is 32.2. The van der Waals surface area contributed by atoms with Crippen LogP contribution >= 0.6 is 24.0 Å². The molecule has 17 heavy (non-hydrogen) atoms. The molecule has 1 atom stereocenters. The van der Waals surface area contributed by atoms with Gasteiger partial charge in [-0.15, -0.1) is 0 Å². The second kappa shape index (κ2) is 4.99. The third kappa shape index (κ3) is 2.83. The van der Waals surface area contributed by atoms with E-state index in [1.165, 1.54) is 12.0 Å². The van der Waals surface area contributed by atoms with Crippen molar-refractivity contribution in [1.82, 2.24) is 4.90 Å². The summed E-state index contributed by atoms with van der Waals surface area (Å²) in [4.78, 5) is 2.37. The van der Waals surface area contributed by atoms with Gasteiger partial charge < -0.3 is 4.90 Å². The molecule has 1 heterocycles. The van der Waals surface area contributed by atoms with Crippen LogP contribution in [0.3, 0.4) is 0 Å². The molecule has 3 heteroatoms. The maximum atomic E-state index is 5.54. The van der Waals surface area contributed by atoms with Crippen LogP contribution in [-0.4, -0.2) is 20.8 Å². The molecule has 1 nitrogen and oxygen atoms in total. The zero-order chi connectivity index (χ0) is 12.5. The molecule has 1 fully saturated rings. The second-order valence-electron chi connectivity index (χ2n) is 5.28. The first kappa shape index (κ1) is 12.9. The molecule has 0 spiro atoms. The molecule has 0 radical (unpaired) electrons. The van der Waals surface area contributed by atoms with Gasteiger partial charge >= 0.3 is 0 Å². The summed E-state index contributed by atoms with van der Waals surface area (Å²) in [7, 11) is 0. The van der Waals surface area contributed by atoms with Gasteiger partial charge in [0.25, 0.3) is 0 Å². The van der Waals surface area contributed by atoms with Gasteiger partial charge in [0.2, 0.25) is 0 Å². The topological polar surface area (TPSA) is 3.24 Å². The molecule has 0 N–H and O–H groups in total. The van der Waals surface area contributed by atoms with E-state index in [0.29, 0.717) is 6.04 Å². The highest BCUT2D eigenvalue weighted by Gasteiger charge is 2.43. The van der Waals surface area contributed by atoms with E-state index >= 15 is 0 Å². The standard InChI is InChI=1S/C14H19NS2/c1-11-9-14(2,3)15(11)13(16)17-10-12-7-5-4-6-8-12/h4-8,11H,9-10H2,1-3H3. The second-order valence-corrected chi connectivity index (χ2v) is 6.88. The first-order valence-electron chi connectivity index (χ1n) is 6.01. The summed E-state index contributed by atoms with van der Waals surface area (Å²) in [6, 6.07) is 11.1. The average Bonchev–Trinajstić information content (AvgIpc) is 2.26. The van der Waals surface area contributed by atoms with Crippen LogP contribution in [0.15, 0.2) is 30.3 Å². The van der Waals surface area contributed by atoms with Crippen molar-refractivity contribution in [2.45, 2.75) is 44.5 Å². The van der Waals surface area contributed by atoms with Crippen LogP contribution in [0.4, 0.5) is 0 Å². The number of hydrogen-bond acceptors (Lipinski definition) is 2. The molecule has 1 aliphatic heterocycles. The van der Waals surface area contributed by atoms with E-state index in [1.807, 2.05) is 6.07 Å². The zero-order valence-electron chi connectivity index (χ0n) is 10.6. The number of rotatable bonds is 2. The molecular formula is C14H19NS2. The average molecular weight is 265 g/mol. The van der Waals surface area contributed by atoms with E-state index in [9.17, 15) is 0 Å². The number of hydrogen-bond donors (Lipinski definition) is 0. The van der Waals surface area contributed by atoms with E-state index < -0.39 is 0 Å². The van der Waals surface area contributed by atoms with Crippen molar-refractivity contribution >= 4 is 28.3 Å². The summed E-state index contributed by atoms with van der Waals surface area (Å²) in [5.41, 5.74) is 1.59. The smallest absolute Gasteiger partial charge is 0.137 e. The maximum Gasteiger partial charge on any atom is 0.137 e. The molecular weight excluding hydrogens is 246 g/mol. The third-order valence-corrected chi connectivity index (χ3v) is 4.76. The molecule has 1 unspecified atom stereocenters. The molecule has 0 aromatic heterocycles. The molecule has 92 valence electrons. The summed E-state index contributed by atoms with van der Waals surface area (Å²) < 4.78 is 1.04. The molecule has 0 saturated carbocycles. The number of nitrogens with zero attached hydrogens (tertiary/aromatic N) is 1. The molecule has 0 amide bonds. The van der Waals surface area contributed by atoms with Gasteiger partial charge in [0.15, 0.2) is 0 Å². The quantitative estimate of drug-likeness (QED) is 0.742. The lowest BCUT2D eigenvalue weighted by Gasteiger charge is -2.55. The predicted molar refractivity (Wildman–Crippen MR) is 80.3 cm³/mol. The van der Waals surface area contributed by atoms with Gasteiger partial charge in [-0.3, -0.25) is 0 Å². The summed E-state index contributed by atoms with van der Waals surface area (Å²) >= 11 is 7.32. The number of thioether (sulfide) groups is 1. The fraction of sp³-hybridized carbons (Fsp3) is 0.500. The summed E-state index contributed by atoms with van der Waals surface area (Å²) in [6.07, 6.45) is 1.24. The van der Waals surface area contributed by atoms with E-state index in [0.717, 1.165) is 10.1 Å². The monoisotopic (exact) mass is 265 g/mol. The van der Waals surface area contributed by atoms with Crippen molar-refractivity contribution in [2.24, 2.45) is 0 Å². The number of benzene rings is 1. The summed E-state index contributed by atoms with van der Waals surface area (Å²) in [5.74, 6) is 0.971. The van der Waals surface area contributed by atoms with Crippen molar-refractivity contribution in [3.63, 3.8) is 0 Å². The predicted octanol–water partition coefficient (Wildman–Crippen LogP) is 4.08.